The summed E-state index contributed by atoms with van der Waals surface area (Å²) in [5, 5.41) is 7.93. The molecule has 148 valence electrons. The fourth-order valence-corrected chi connectivity index (χ4v) is 4.87. The molecule has 0 saturated heterocycles. The highest BCUT2D eigenvalue weighted by atomic mass is 14.9. The molecule has 2 nitrogen and oxygen atoms in total. The zero-order valence-corrected chi connectivity index (χ0v) is 18.1. The molecule has 0 aliphatic carbocycles. The number of nitrogens with zero attached hydrogens (tertiary/aromatic N) is 2. The topological polar surface area (TPSA) is 9.86 Å². The van der Waals surface area contributed by atoms with Gasteiger partial charge in [-0.15, -0.1) is 13.2 Å². The van der Waals surface area contributed by atoms with E-state index in [0.717, 1.165) is 0 Å². The Morgan fingerprint density at radius 3 is 1.27 bits per heavy atom. The number of rotatable bonds is 0. The van der Waals surface area contributed by atoms with E-state index in [0.29, 0.717) is 0 Å². The molecule has 0 radical (unpaired) electrons. The number of aryl methyl sites for hydroxylation is 4. The Morgan fingerprint density at radius 2 is 0.867 bits per heavy atom. The van der Waals surface area contributed by atoms with Crippen LogP contribution >= 0.6 is 0 Å². The lowest BCUT2D eigenvalue weighted by Crippen LogP contribution is -1.88. The van der Waals surface area contributed by atoms with Crippen LogP contribution in [0, 0.1) is 13.8 Å². The predicted molar refractivity (Wildman–Crippen MR) is 133 cm³/mol. The Balaban J connectivity index is 0.000000937. The predicted octanol–water partition coefficient (Wildman–Crippen LogP) is 7.55. The summed E-state index contributed by atoms with van der Waals surface area (Å²) in [6, 6.07) is 22.9. The van der Waals surface area contributed by atoms with Crippen molar-refractivity contribution in [2.75, 3.05) is 0 Å². The van der Waals surface area contributed by atoms with Gasteiger partial charge in [0.2, 0.25) is 0 Å². The molecular weight excluding hydrogens is 364 g/mol. The summed E-state index contributed by atoms with van der Waals surface area (Å²) in [7, 11) is 4.35. The molecule has 0 bridgehead atoms. The van der Waals surface area contributed by atoms with Gasteiger partial charge in [-0.2, -0.15) is 0 Å². The zero-order chi connectivity index (χ0) is 21.2. The van der Waals surface area contributed by atoms with Gasteiger partial charge in [0.1, 0.15) is 0 Å². The third kappa shape index (κ3) is 2.43. The minimum absolute atomic E-state index is 1.29. The first kappa shape index (κ1) is 18.5. The third-order valence-corrected chi connectivity index (χ3v) is 6.40. The van der Waals surface area contributed by atoms with E-state index < -0.39 is 0 Å². The van der Waals surface area contributed by atoms with Gasteiger partial charge in [0.15, 0.2) is 0 Å². The number of hydrogen-bond donors (Lipinski definition) is 0. The maximum atomic E-state index is 3.00. The quantitative estimate of drug-likeness (QED) is 0.237. The minimum Gasteiger partial charge on any atom is -0.344 e. The van der Waals surface area contributed by atoms with Crippen LogP contribution in [0.1, 0.15) is 11.1 Å². The van der Waals surface area contributed by atoms with E-state index in [9.17, 15) is 0 Å². The molecule has 0 saturated carbocycles. The minimum atomic E-state index is 1.29. The summed E-state index contributed by atoms with van der Waals surface area (Å²) in [4.78, 5) is 0. The largest absolute Gasteiger partial charge is 0.344 e. The zero-order valence-electron chi connectivity index (χ0n) is 18.1. The molecule has 6 rings (SSSR count). The molecule has 6 aromatic rings. The van der Waals surface area contributed by atoms with Crippen LogP contribution in [-0.2, 0) is 14.1 Å². The molecule has 0 atom stereocenters. The summed E-state index contributed by atoms with van der Waals surface area (Å²) >= 11 is 0. The van der Waals surface area contributed by atoms with Crippen LogP contribution in [0.15, 0.2) is 73.8 Å². The van der Waals surface area contributed by atoms with Gasteiger partial charge in [-0.3, -0.25) is 0 Å². The van der Waals surface area contributed by atoms with Crippen molar-refractivity contribution in [1.82, 2.24) is 9.13 Å². The van der Waals surface area contributed by atoms with Crippen LogP contribution in [0.2, 0.25) is 0 Å². The SMILES string of the molecule is C=C.Cc1ccc2c3cc4cc5c(cc4cc3n(C)c2c1)c1ccc(C)cc1n5C. The van der Waals surface area contributed by atoms with Crippen LogP contribution in [0.25, 0.3) is 54.4 Å². The van der Waals surface area contributed by atoms with Gasteiger partial charge in [0, 0.05) is 57.7 Å². The number of benzene rings is 4. The highest BCUT2D eigenvalue weighted by Gasteiger charge is 2.13. The Hall–Kier alpha value is -3.52. The average molecular weight is 391 g/mol. The molecule has 0 aliphatic heterocycles. The summed E-state index contributed by atoms with van der Waals surface area (Å²) in [6.07, 6.45) is 0. The standard InChI is InChI=1S/C26H22N2.C2H4/c1-15-5-7-19-21-11-17-14-26-22(20-8-6-16(2)10-24(20)28(26)4)12-18(17)13-25(21)27(3)23(19)9-15;1-2/h5-14H,1-4H3;1-2H2. The maximum Gasteiger partial charge on any atom is 0.0495 e. The number of hydrogen-bond acceptors (Lipinski definition) is 0. The average Bonchev–Trinajstić information content (AvgIpc) is 3.17. The first-order chi connectivity index (χ1) is 14.5. The van der Waals surface area contributed by atoms with Gasteiger partial charge < -0.3 is 9.13 Å². The van der Waals surface area contributed by atoms with Gasteiger partial charge in [-0.25, -0.2) is 0 Å². The molecule has 0 fully saturated rings. The molecule has 0 unspecified atom stereocenters. The smallest absolute Gasteiger partial charge is 0.0495 e. The maximum absolute atomic E-state index is 3.00. The summed E-state index contributed by atoms with van der Waals surface area (Å²) < 4.78 is 4.65. The Kier molecular flexibility index (Phi) is 4.01. The lowest BCUT2D eigenvalue weighted by atomic mass is 10.0. The molecule has 0 aliphatic rings. The molecule has 2 aromatic heterocycles. The van der Waals surface area contributed by atoms with E-state index in [2.05, 4.69) is 111 Å². The molecule has 2 heteroatoms. The normalized spacial score (nSPS) is 11.6. The van der Waals surface area contributed by atoms with E-state index >= 15 is 0 Å². The van der Waals surface area contributed by atoms with E-state index in [1.54, 1.807) is 0 Å². The Labute approximate surface area is 176 Å². The van der Waals surface area contributed by atoms with Gasteiger partial charge in [-0.1, -0.05) is 24.3 Å². The highest BCUT2D eigenvalue weighted by molar-refractivity contribution is 6.17. The van der Waals surface area contributed by atoms with Crippen LogP contribution in [0.3, 0.4) is 0 Å². The Bertz CT molecular complexity index is 1490. The summed E-state index contributed by atoms with van der Waals surface area (Å²) in [5.74, 6) is 0. The van der Waals surface area contributed by atoms with E-state index in [-0.39, 0.29) is 0 Å². The van der Waals surface area contributed by atoms with Crippen LogP contribution in [0.5, 0.6) is 0 Å². The van der Waals surface area contributed by atoms with Crippen molar-refractivity contribution >= 4 is 54.4 Å². The van der Waals surface area contributed by atoms with Crippen LogP contribution < -0.4 is 0 Å². The van der Waals surface area contributed by atoms with E-state index in [4.69, 9.17) is 0 Å². The molecule has 0 N–H and O–H groups in total. The summed E-state index contributed by atoms with van der Waals surface area (Å²) in [5.41, 5.74) is 7.80. The second-order valence-corrected chi connectivity index (χ2v) is 8.25. The fourth-order valence-electron chi connectivity index (χ4n) is 4.87. The van der Waals surface area contributed by atoms with Crippen molar-refractivity contribution in [3.05, 3.63) is 84.9 Å². The van der Waals surface area contributed by atoms with Gasteiger partial charge in [0.25, 0.3) is 0 Å². The molecule has 30 heavy (non-hydrogen) atoms. The van der Waals surface area contributed by atoms with E-state index in [1.807, 2.05) is 0 Å². The molecule has 2 heterocycles. The van der Waals surface area contributed by atoms with Crippen molar-refractivity contribution in [1.29, 1.82) is 0 Å². The van der Waals surface area contributed by atoms with Crippen LogP contribution in [0.4, 0.5) is 0 Å². The van der Waals surface area contributed by atoms with Crippen molar-refractivity contribution in [2.24, 2.45) is 14.1 Å². The monoisotopic (exact) mass is 390 g/mol. The third-order valence-electron chi connectivity index (χ3n) is 6.40. The summed E-state index contributed by atoms with van der Waals surface area (Å²) in [6.45, 7) is 10.3. The van der Waals surface area contributed by atoms with Gasteiger partial charge in [-0.05, 0) is 72.1 Å². The molecule has 4 aromatic carbocycles. The fraction of sp³-hybridized carbons (Fsp3) is 0.143. The number of fused-ring (bicyclic) bond motifs is 7. The molecular formula is C28H26N2. The molecule has 0 amide bonds. The second kappa shape index (κ2) is 6.50. The Morgan fingerprint density at radius 1 is 0.500 bits per heavy atom. The van der Waals surface area contributed by atoms with Crippen LogP contribution in [-0.4, -0.2) is 9.13 Å². The number of aromatic nitrogens is 2. The van der Waals surface area contributed by atoms with Crippen molar-refractivity contribution < 1.29 is 0 Å². The first-order valence-corrected chi connectivity index (χ1v) is 10.3. The van der Waals surface area contributed by atoms with E-state index in [1.165, 1.54) is 65.5 Å². The van der Waals surface area contributed by atoms with Crippen molar-refractivity contribution in [2.45, 2.75) is 13.8 Å². The van der Waals surface area contributed by atoms with Crippen molar-refractivity contribution in [3.63, 3.8) is 0 Å². The van der Waals surface area contributed by atoms with Gasteiger partial charge >= 0.3 is 0 Å². The van der Waals surface area contributed by atoms with Gasteiger partial charge in [0.05, 0.1) is 0 Å². The molecule has 0 spiro atoms. The second-order valence-electron chi connectivity index (χ2n) is 8.25. The lowest BCUT2D eigenvalue weighted by molar-refractivity contribution is 1.01. The first-order valence-electron chi connectivity index (χ1n) is 10.3. The lowest BCUT2D eigenvalue weighted by Gasteiger charge is -2.04. The van der Waals surface area contributed by atoms with Crippen molar-refractivity contribution in [3.8, 4) is 0 Å². The highest BCUT2D eigenvalue weighted by Crippen LogP contribution is 2.36.